The third kappa shape index (κ3) is 3.57. The number of aryl methyl sites for hydroxylation is 2. The largest absolute Gasteiger partial charge is 0.487 e. The molecule has 21 heavy (non-hydrogen) atoms. The summed E-state index contributed by atoms with van der Waals surface area (Å²) < 4.78 is 7.51. The van der Waals surface area contributed by atoms with Crippen LogP contribution in [-0.4, -0.2) is 14.9 Å². The van der Waals surface area contributed by atoms with Crippen molar-refractivity contribution in [1.29, 1.82) is 0 Å². The molecule has 114 valence electrons. The molecule has 0 radical (unpaired) electrons. The minimum atomic E-state index is -0.419. The van der Waals surface area contributed by atoms with Gasteiger partial charge in [-0.3, -0.25) is 4.68 Å². The van der Waals surface area contributed by atoms with Gasteiger partial charge in [0.15, 0.2) is 0 Å². The summed E-state index contributed by atoms with van der Waals surface area (Å²) in [5.74, 6) is 0.748. The van der Waals surface area contributed by atoms with E-state index in [1.807, 2.05) is 45.2 Å². The van der Waals surface area contributed by atoms with Crippen LogP contribution in [0, 0.1) is 0 Å². The van der Waals surface area contributed by atoms with Crippen molar-refractivity contribution in [2.45, 2.75) is 39.4 Å². The Hall–Kier alpha value is -1.52. The molecule has 0 fully saturated rings. The average Bonchev–Trinajstić information content (AvgIpc) is 2.79. The number of nitrogens with zero attached hydrogens (tertiary/aromatic N) is 2. The normalized spacial score (nSPS) is 12.4. The molecule has 2 rings (SSSR count). The molecule has 0 aliphatic rings. The van der Waals surface area contributed by atoms with E-state index in [9.17, 15) is 5.11 Å². The van der Waals surface area contributed by atoms with Crippen molar-refractivity contribution in [1.82, 2.24) is 9.78 Å². The van der Waals surface area contributed by atoms with Gasteiger partial charge in [-0.05, 0) is 30.5 Å². The van der Waals surface area contributed by atoms with Crippen LogP contribution >= 0.6 is 11.6 Å². The molecule has 1 heterocycles. The topological polar surface area (TPSA) is 47.3 Å². The van der Waals surface area contributed by atoms with E-state index in [1.54, 1.807) is 4.68 Å². The summed E-state index contributed by atoms with van der Waals surface area (Å²) in [6, 6.07) is 7.48. The van der Waals surface area contributed by atoms with E-state index in [1.165, 1.54) is 0 Å². The molecule has 0 saturated heterocycles. The van der Waals surface area contributed by atoms with Crippen LogP contribution in [0.25, 0.3) is 0 Å². The Labute approximate surface area is 130 Å². The Kier molecular flexibility index (Phi) is 5.26. The first-order valence-corrected chi connectivity index (χ1v) is 7.55. The number of aliphatic hydroxyl groups excluding tert-OH is 1. The van der Waals surface area contributed by atoms with Crippen LogP contribution in [0.5, 0.6) is 5.75 Å². The van der Waals surface area contributed by atoms with Gasteiger partial charge in [-0.25, -0.2) is 0 Å². The maximum absolute atomic E-state index is 9.76. The zero-order chi connectivity index (χ0) is 15.4. The summed E-state index contributed by atoms with van der Waals surface area (Å²) in [5, 5.41) is 14.8. The molecule has 1 aromatic carbocycles. The van der Waals surface area contributed by atoms with Crippen LogP contribution in [0.1, 0.15) is 43.3 Å². The first-order chi connectivity index (χ1) is 10.1. The summed E-state index contributed by atoms with van der Waals surface area (Å²) in [5.41, 5.74) is 2.65. The lowest BCUT2D eigenvalue weighted by Gasteiger charge is -2.10. The first kappa shape index (κ1) is 15.9. The van der Waals surface area contributed by atoms with Crippen molar-refractivity contribution < 1.29 is 9.84 Å². The summed E-state index contributed by atoms with van der Waals surface area (Å²) in [7, 11) is 1.87. The highest BCUT2D eigenvalue weighted by Crippen LogP contribution is 2.24. The standard InChI is InChI=1S/C16H21ClN2O2/c1-4-13-16(17)14(19(3)18-13)10-21-12-8-6-11(7-9-12)15(20)5-2/h6-9,15,20H,4-5,10H2,1-3H3/t15-/m0/s1. The maximum atomic E-state index is 9.76. The van der Waals surface area contributed by atoms with Crippen LogP contribution in [0.15, 0.2) is 24.3 Å². The third-order valence-electron chi connectivity index (χ3n) is 3.53. The van der Waals surface area contributed by atoms with E-state index in [2.05, 4.69) is 5.10 Å². The molecule has 2 aromatic rings. The molecule has 0 bridgehead atoms. The predicted molar refractivity (Wildman–Crippen MR) is 83.6 cm³/mol. The number of aromatic nitrogens is 2. The van der Waals surface area contributed by atoms with Crippen LogP contribution in [0.2, 0.25) is 5.02 Å². The second kappa shape index (κ2) is 6.96. The molecule has 0 unspecified atom stereocenters. The van der Waals surface area contributed by atoms with Crippen molar-refractivity contribution in [3.63, 3.8) is 0 Å². The molecule has 5 heteroatoms. The number of hydrogen-bond donors (Lipinski definition) is 1. The Morgan fingerprint density at radius 1 is 1.29 bits per heavy atom. The highest BCUT2D eigenvalue weighted by atomic mass is 35.5. The fourth-order valence-electron chi connectivity index (χ4n) is 2.15. The van der Waals surface area contributed by atoms with E-state index < -0.39 is 6.10 Å². The van der Waals surface area contributed by atoms with Crippen molar-refractivity contribution in [2.75, 3.05) is 0 Å². The zero-order valence-corrected chi connectivity index (χ0v) is 13.4. The molecule has 1 N–H and O–H groups in total. The summed E-state index contributed by atoms with van der Waals surface area (Å²) in [6.45, 7) is 4.35. The highest BCUT2D eigenvalue weighted by Gasteiger charge is 2.13. The van der Waals surface area contributed by atoms with Gasteiger partial charge in [0.1, 0.15) is 12.4 Å². The third-order valence-corrected chi connectivity index (χ3v) is 3.97. The Morgan fingerprint density at radius 3 is 2.48 bits per heavy atom. The minimum Gasteiger partial charge on any atom is -0.487 e. The monoisotopic (exact) mass is 308 g/mol. The van der Waals surface area contributed by atoms with Gasteiger partial charge in [0.25, 0.3) is 0 Å². The van der Waals surface area contributed by atoms with E-state index in [0.29, 0.717) is 18.1 Å². The molecule has 0 spiro atoms. The van der Waals surface area contributed by atoms with Crippen LogP contribution in [-0.2, 0) is 20.1 Å². The average molecular weight is 309 g/mol. The molecule has 4 nitrogen and oxygen atoms in total. The van der Waals surface area contributed by atoms with Gasteiger partial charge >= 0.3 is 0 Å². The van der Waals surface area contributed by atoms with Gasteiger partial charge in [0.05, 0.1) is 22.5 Å². The Morgan fingerprint density at radius 2 is 1.95 bits per heavy atom. The van der Waals surface area contributed by atoms with Gasteiger partial charge < -0.3 is 9.84 Å². The molecular formula is C16H21ClN2O2. The van der Waals surface area contributed by atoms with Gasteiger partial charge in [-0.2, -0.15) is 5.10 Å². The predicted octanol–water partition coefficient (Wildman–Crippen LogP) is 3.66. The van der Waals surface area contributed by atoms with Crippen LogP contribution in [0.3, 0.4) is 0 Å². The van der Waals surface area contributed by atoms with Gasteiger partial charge in [-0.1, -0.05) is 37.6 Å². The summed E-state index contributed by atoms with van der Waals surface area (Å²) >= 11 is 6.29. The maximum Gasteiger partial charge on any atom is 0.131 e. The lowest BCUT2D eigenvalue weighted by atomic mass is 10.1. The molecule has 1 atom stereocenters. The second-order valence-electron chi connectivity index (χ2n) is 4.97. The van der Waals surface area contributed by atoms with E-state index in [-0.39, 0.29) is 0 Å². The Balaban J connectivity index is 2.05. The Bertz CT molecular complexity index is 593. The molecular weight excluding hydrogens is 288 g/mol. The molecule has 0 aliphatic carbocycles. The number of halogens is 1. The van der Waals surface area contributed by atoms with Gasteiger partial charge in [0.2, 0.25) is 0 Å². The quantitative estimate of drug-likeness (QED) is 0.886. The number of rotatable bonds is 6. The highest BCUT2D eigenvalue weighted by molar-refractivity contribution is 6.31. The SMILES string of the molecule is CCc1nn(C)c(COc2ccc([C@@H](O)CC)cc2)c1Cl. The second-order valence-corrected chi connectivity index (χ2v) is 5.34. The van der Waals surface area contributed by atoms with Crippen molar-refractivity contribution >= 4 is 11.6 Å². The molecule has 0 amide bonds. The van der Waals surface area contributed by atoms with E-state index in [0.717, 1.165) is 29.1 Å². The number of ether oxygens (including phenoxy) is 1. The smallest absolute Gasteiger partial charge is 0.131 e. The number of hydrogen-bond acceptors (Lipinski definition) is 3. The van der Waals surface area contributed by atoms with E-state index in [4.69, 9.17) is 16.3 Å². The molecule has 0 aliphatic heterocycles. The minimum absolute atomic E-state index is 0.373. The van der Waals surface area contributed by atoms with Crippen molar-refractivity contribution in [3.8, 4) is 5.75 Å². The fraction of sp³-hybridized carbons (Fsp3) is 0.438. The number of benzene rings is 1. The fourth-order valence-corrected chi connectivity index (χ4v) is 2.50. The van der Waals surface area contributed by atoms with Gasteiger partial charge in [-0.15, -0.1) is 0 Å². The summed E-state index contributed by atoms with van der Waals surface area (Å²) in [4.78, 5) is 0. The van der Waals surface area contributed by atoms with Crippen molar-refractivity contribution in [3.05, 3.63) is 46.2 Å². The first-order valence-electron chi connectivity index (χ1n) is 7.17. The van der Waals surface area contributed by atoms with Crippen LogP contribution in [0.4, 0.5) is 0 Å². The molecule has 0 saturated carbocycles. The zero-order valence-electron chi connectivity index (χ0n) is 12.6. The summed E-state index contributed by atoms with van der Waals surface area (Å²) in [6.07, 6.45) is 1.08. The lowest BCUT2D eigenvalue weighted by molar-refractivity contribution is 0.173. The van der Waals surface area contributed by atoms with Crippen LogP contribution < -0.4 is 4.74 Å². The van der Waals surface area contributed by atoms with Crippen molar-refractivity contribution in [2.24, 2.45) is 7.05 Å². The molecule has 1 aromatic heterocycles. The lowest BCUT2D eigenvalue weighted by Crippen LogP contribution is -2.03. The van der Waals surface area contributed by atoms with Gasteiger partial charge in [0, 0.05) is 7.05 Å². The van der Waals surface area contributed by atoms with E-state index >= 15 is 0 Å². The number of aliphatic hydroxyl groups is 1.